The molecule has 1 aliphatic heterocycles. The van der Waals surface area contributed by atoms with Crippen molar-refractivity contribution in [3.63, 3.8) is 0 Å². The Balaban J connectivity index is 1.33. The molecule has 0 unspecified atom stereocenters. The smallest absolute Gasteiger partial charge is 0.253 e. The minimum atomic E-state index is -0.328. The highest BCUT2D eigenvalue weighted by Crippen LogP contribution is 2.30. The van der Waals surface area contributed by atoms with E-state index < -0.39 is 0 Å². The fourth-order valence-electron chi connectivity index (χ4n) is 6.22. The molecular weight excluding hydrogens is 543 g/mol. The van der Waals surface area contributed by atoms with Crippen LogP contribution in [-0.4, -0.2) is 48.8 Å². The highest BCUT2D eigenvalue weighted by Gasteiger charge is 2.28. The summed E-state index contributed by atoms with van der Waals surface area (Å²) in [4.78, 5) is 44.1. The summed E-state index contributed by atoms with van der Waals surface area (Å²) in [6.07, 6.45) is 5.41. The quantitative estimate of drug-likeness (QED) is 0.318. The molecule has 8 heteroatoms. The zero-order valence-electron chi connectivity index (χ0n) is 24.9. The summed E-state index contributed by atoms with van der Waals surface area (Å²) in [6, 6.07) is 21.5. The van der Waals surface area contributed by atoms with Crippen LogP contribution in [0.2, 0.25) is 0 Å². The van der Waals surface area contributed by atoms with Gasteiger partial charge in [0, 0.05) is 50.0 Å². The summed E-state index contributed by atoms with van der Waals surface area (Å²) in [6.45, 7) is 4.78. The van der Waals surface area contributed by atoms with Crippen LogP contribution >= 0.6 is 0 Å². The van der Waals surface area contributed by atoms with E-state index in [9.17, 15) is 18.8 Å². The highest BCUT2D eigenvalue weighted by molar-refractivity contribution is 6.02. The number of anilines is 2. The van der Waals surface area contributed by atoms with Gasteiger partial charge in [0.05, 0.1) is 11.5 Å². The lowest BCUT2D eigenvalue weighted by Gasteiger charge is -2.28. The average Bonchev–Trinajstić information content (AvgIpc) is 3.47. The Hall–Kier alpha value is -4.20. The third-order valence-electron chi connectivity index (χ3n) is 8.66. The Morgan fingerprint density at radius 2 is 1.63 bits per heavy atom. The van der Waals surface area contributed by atoms with Gasteiger partial charge in [-0.2, -0.15) is 0 Å². The number of benzene rings is 3. The van der Waals surface area contributed by atoms with Gasteiger partial charge in [0.2, 0.25) is 11.8 Å². The summed E-state index contributed by atoms with van der Waals surface area (Å²) in [5.41, 5.74) is 3.64. The van der Waals surface area contributed by atoms with Crippen LogP contribution < -0.4 is 15.5 Å². The van der Waals surface area contributed by atoms with Gasteiger partial charge < -0.3 is 20.4 Å². The number of hydrogen-bond donors (Lipinski definition) is 2. The molecule has 5 rings (SSSR count). The van der Waals surface area contributed by atoms with Crippen molar-refractivity contribution in [1.29, 1.82) is 0 Å². The molecule has 1 saturated heterocycles. The summed E-state index contributed by atoms with van der Waals surface area (Å²) >= 11 is 0. The molecule has 3 aromatic rings. The maximum atomic E-state index is 13.6. The van der Waals surface area contributed by atoms with Gasteiger partial charge in [0.25, 0.3) is 5.91 Å². The van der Waals surface area contributed by atoms with Crippen LogP contribution in [-0.2, 0) is 16.1 Å². The van der Waals surface area contributed by atoms with Crippen LogP contribution in [0.5, 0.6) is 0 Å². The van der Waals surface area contributed by atoms with Crippen LogP contribution in [0.3, 0.4) is 0 Å². The molecule has 7 nitrogen and oxygen atoms in total. The van der Waals surface area contributed by atoms with Gasteiger partial charge in [-0.25, -0.2) is 4.39 Å². The van der Waals surface area contributed by atoms with E-state index in [-0.39, 0.29) is 41.9 Å². The van der Waals surface area contributed by atoms with E-state index in [0.29, 0.717) is 37.4 Å². The van der Waals surface area contributed by atoms with Crippen molar-refractivity contribution < 1.29 is 18.8 Å². The molecule has 3 aromatic carbocycles. The first-order valence-electron chi connectivity index (χ1n) is 15.5. The van der Waals surface area contributed by atoms with E-state index >= 15 is 0 Å². The highest BCUT2D eigenvalue weighted by atomic mass is 19.1. The predicted octanol–water partition coefficient (Wildman–Crippen LogP) is 6.12. The third-order valence-corrected chi connectivity index (χ3v) is 8.66. The van der Waals surface area contributed by atoms with Crippen molar-refractivity contribution in [2.24, 2.45) is 5.92 Å². The van der Waals surface area contributed by atoms with E-state index in [0.717, 1.165) is 55.3 Å². The first kappa shape index (κ1) is 30.3. The second-order valence-electron chi connectivity index (χ2n) is 11.5. The molecule has 2 N–H and O–H groups in total. The van der Waals surface area contributed by atoms with Crippen LogP contribution in [0.15, 0.2) is 72.8 Å². The van der Waals surface area contributed by atoms with Crippen LogP contribution in [0.25, 0.3) is 0 Å². The number of halogens is 1. The van der Waals surface area contributed by atoms with Gasteiger partial charge in [-0.3, -0.25) is 14.4 Å². The summed E-state index contributed by atoms with van der Waals surface area (Å²) in [7, 11) is 0. The van der Waals surface area contributed by atoms with Crippen molar-refractivity contribution in [3.8, 4) is 0 Å². The normalized spacial score (nSPS) is 16.4. The largest absolute Gasteiger partial charge is 0.369 e. The summed E-state index contributed by atoms with van der Waals surface area (Å²) in [5, 5.41) is 5.99. The Morgan fingerprint density at radius 1 is 0.884 bits per heavy atom. The topological polar surface area (TPSA) is 81.8 Å². The molecule has 0 bridgehead atoms. The maximum Gasteiger partial charge on any atom is 0.253 e. The van der Waals surface area contributed by atoms with E-state index in [4.69, 9.17) is 0 Å². The number of amides is 3. The number of nitrogens with one attached hydrogen (secondary N) is 2. The Morgan fingerprint density at radius 3 is 2.35 bits per heavy atom. The molecule has 1 aliphatic carbocycles. The molecule has 1 saturated carbocycles. The number of carbonyl (C=O) groups excluding carboxylic acids is 3. The third kappa shape index (κ3) is 7.61. The van der Waals surface area contributed by atoms with Crippen molar-refractivity contribution >= 4 is 29.1 Å². The summed E-state index contributed by atoms with van der Waals surface area (Å²) < 4.78 is 13.4. The zero-order valence-corrected chi connectivity index (χ0v) is 24.9. The predicted molar refractivity (Wildman–Crippen MR) is 167 cm³/mol. The maximum absolute atomic E-state index is 13.6. The molecule has 2 aliphatic rings. The van der Waals surface area contributed by atoms with Crippen LogP contribution in [0.1, 0.15) is 72.9 Å². The lowest BCUT2D eigenvalue weighted by Crippen LogP contribution is -2.38. The molecular formula is C35H41FN4O3. The van der Waals surface area contributed by atoms with Crippen LogP contribution in [0.4, 0.5) is 15.8 Å². The van der Waals surface area contributed by atoms with E-state index in [1.54, 1.807) is 18.2 Å². The Labute approximate surface area is 253 Å². The van der Waals surface area contributed by atoms with Gasteiger partial charge in [0.1, 0.15) is 5.82 Å². The lowest BCUT2D eigenvalue weighted by molar-refractivity contribution is -0.132. The molecule has 3 amide bonds. The molecule has 1 atom stereocenters. The van der Waals surface area contributed by atoms with E-state index in [1.807, 2.05) is 54.3 Å². The van der Waals surface area contributed by atoms with E-state index in [2.05, 4.69) is 15.5 Å². The second-order valence-corrected chi connectivity index (χ2v) is 11.5. The first-order valence-corrected chi connectivity index (χ1v) is 15.5. The minimum absolute atomic E-state index is 0.00394. The molecule has 0 radical (unpaired) electrons. The molecule has 0 aromatic heterocycles. The minimum Gasteiger partial charge on any atom is -0.369 e. The molecule has 43 heavy (non-hydrogen) atoms. The number of carbonyl (C=O) groups is 3. The molecule has 0 spiro atoms. The van der Waals surface area contributed by atoms with Gasteiger partial charge in [-0.05, 0) is 67.1 Å². The lowest BCUT2D eigenvalue weighted by atomic mass is 9.95. The standard InChI is InChI=1S/C35H41FN4O3/c1-2-30(26-9-4-3-5-10-26)35(43)40-20-8-19-39(21-22-40)32-18-17-29(38-33(41)27-11-6-7-12-27)23-31(32)34(42)37-24-25-13-15-28(36)16-14-25/h3-5,9-10,13-18,23,27,30H,2,6-8,11-12,19-22,24H2,1H3,(H,37,42)(H,38,41)/t30-/m1/s1. The van der Waals surface area contributed by atoms with Crippen molar-refractivity contribution in [3.05, 3.63) is 95.3 Å². The van der Waals surface area contributed by atoms with Gasteiger partial charge in [0.15, 0.2) is 0 Å². The number of rotatable bonds is 9. The van der Waals surface area contributed by atoms with Gasteiger partial charge >= 0.3 is 0 Å². The number of hydrogen-bond acceptors (Lipinski definition) is 4. The monoisotopic (exact) mass is 584 g/mol. The van der Waals surface area contributed by atoms with Crippen molar-refractivity contribution in [2.75, 3.05) is 36.4 Å². The molecule has 1 heterocycles. The first-order chi connectivity index (χ1) is 20.9. The van der Waals surface area contributed by atoms with Crippen molar-refractivity contribution in [1.82, 2.24) is 10.2 Å². The van der Waals surface area contributed by atoms with Crippen molar-refractivity contribution in [2.45, 2.75) is 57.9 Å². The fraction of sp³-hybridized carbons (Fsp3) is 0.400. The summed E-state index contributed by atoms with van der Waals surface area (Å²) in [5.74, 6) is -0.640. The van der Waals surface area contributed by atoms with Crippen LogP contribution in [0, 0.1) is 11.7 Å². The Kier molecular flexibility index (Phi) is 10.1. The van der Waals surface area contributed by atoms with Gasteiger partial charge in [-0.15, -0.1) is 0 Å². The van der Waals surface area contributed by atoms with E-state index in [1.165, 1.54) is 12.1 Å². The molecule has 2 fully saturated rings. The second kappa shape index (κ2) is 14.3. The SMILES string of the molecule is CC[C@@H](C(=O)N1CCCN(c2ccc(NC(=O)C3CCCC3)cc2C(=O)NCc2ccc(F)cc2)CC1)c1ccccc1. The fourth-order valence-corrected chi connectivity index (χ4v) is 6.22. The average molecular weight is 585 g/mol. The number of nitrogens with zero attached hydrogens (tertiary/aromatic N) is 2. The van der Waals surface area contributed by atoms with Gasteiger partial charge in [-0.1, -0.05) is 62.2 Å². The zero-order chi connectivity index (χ0) is 30.2. The Bertz CT molecular complexity index is 1410. The molecule has 226 valence electrons.